The maximum absolute atomic E-state index is 12.7. The molecule has 0 saturated heterocycles. The molecule has 3 rings (SSSR count). The van der Waals surface area contributed by atoms with Crippen LogP contribution in [0.2, 0.25) is 0 Å². The molecule has 2 aromatic carbocycles. The fourth-order valence-corrected chi connectivity index (χ4v) is 3.30. The van der Waals surface area contributed by atoms with Gasteiger partial charge in [0.15, 0.2) is 0 Å². The molecule has 2 nitrogen and oxygen atoms in total. The van der Waals surface area contributed by atoms with Crippen LogP contribution in [0.15, 0.2) is 48.5 Å². The molecule has 0 bridgehead atoms. The zero-order valence-electron chi connectivity index (χ0n) is 12.9. The number of carbonyl (C=O) groups excluding carboxylic acids is 1. The van der Waals surface area contributed by atoms with Crippen molar-refractivity contribution >= 4 is 11.6 Å². The molecular weight excluding hydrogens is 258 g/mol. The van der Waals surface area contributed by atoms with Crippen molar-refractivity contribution in [3.63, 3.8) is 0 Å². The van der Waals surface area contributed by atoms with Crippen LogP contribution in [0.5, 0.6) is 0 Å². The van der Waals surface area contributed by atoms with Gasteiger partial charge in [-0.05, 0) is 42.5 Å². The summed E-state index contributed by atoms with van der Waals surface area (Å²) < 4.78 is 0. The summed E-state index contributed by atoms with van der Waals surface area (Å²) in [5, 5.41) is 0. The molecule has 2 aromatic rings. The average molecular weight is 279 g/mol. The number of aryl methyl sites for hydroxylation is 1. The van der Waals surface area contributed by atoms with E-state index in [1.54, 1.807) is 4.90 Å². The summed E-state index contributed by atoms with van der Waals surface area (Å²) in [6.45, 7) is 4.22. The first-order valence-corrected chi connectivity index (χ1v) is 7.52. The highest BCUT2D eigenvalue weighted by atomic mass is 16.2. The summed E-state index contributed by atoms with van der Waals surface area (Å²) in [5.41, 5.74) is 4.26. The number of para-hydroxylation sites is 1. The molecule has 1 heterocycles. The number of carbonyl (C=O) groups is 1. The van der Waals surface area contributed by atoms with Crippen molar-refractivity contribution < 1.29 is 4.79 Å². The van der Waals surface area contributed by atoms with E-state index in [1.807, 2.05) is 25.2 Å². The topological polar surface area (TPSA) is 20.3 Å². The van der Waals surface area contributed by atoms with E-state index in [-0.39, 0.29) is 5.91 Å². The maximum atomic E-state index is 12.7. The Kier molecular flexibility index (Phi) is 3.32. The third-order valence-corrected chi connectivity index (χ3v) is 4.63. The van der Waals surface area contributed by atoms with Crippen molar-refractivity contribution in [3.8, 4) is 0 Å². The molecule has 0 aromatic heterocycles. The number of likely N-dealkylation sites (N-methyl/N-ethyl adjacent to an activating group) is 1. The molecule has 0 saturated carbocycles. The molecule has 1 aliphatic rings. The number of hydrogen-bond acceptors (Lipinski definition) is 1. The summed E-state index contributed by atoms with van der Waals surface area (Å²) in [6, 6.07) is 16.7. The number of benzene rings is 2. The van der Waals surface area contributed by atoms with E-state index in [1.165, 1.54) is 11.1 Å². The minimum atomic E-state index is -0.459. The van der Waals surface area contributed by atoms with Gasteiger partial charge in [0.25, 0.3) is 0 Å². The summed E-state index contributed by atoms with van der Waals surface area (Å²) in [7, 11) is 1.87. The second kappa shape index (κ2) is 5.03. The number of rotatable bonds is 3. The molecule has 1 unspecified atom stereocenters. The Bertz CT molecular complexity index is 674. The second-order valence-corrected chi connectivity index (χ2v) is 6.06. The van der Waals surface area contributed by atoms with Crippen LogP contribution in [-0.4, -0.2) is 13.0 Å². The fourth-order valence-electron chi connectivity index (χ4n) is 3.30. The standard InChI is InChI=1S/C19H21NO/c1-4-14-9-11-15(12-10-14)13-19(2)16-7-5-6-8-17(16)20(3)18(19)21/h5-12H,4,13H2,1-3H3. The lowest BCUT2D eigenvalue weighted by atomic mass is 9.78. The van der Waals surface area contributed by atoms with E-state index in [9.17, 15) is 4.79 Å². The quantitative estimate of drug-likeness (QED) is 0.838. The van der Waals surface area contributed by atoms with Crippen LogP contribution >= 0.6 is 0 Å². The van der Waals surface area contributed by atoms with Gasteiger partial charge in [0.2, 0.25) is 5.91 Å². The number of hydrogen-bond donors (Lipinski definition) is 0. The molecule has 1 aliphatic heterocycles. The fraction of sp³-hybridized carbons (Fsp3) is 0.316. The van der Waals surface area contributed by atoms with Crippen molar-refractivity contribution in [2.24, 2.45) is 0 Å². The summed E-state index contributed by atoms with van der Waals surface area (Å²) >= 11 is 0. The third-order valence-electron chi connectivity index (χ3n) is 4.63. The van der Waals surface area contributed by atoms with Gasteiger partial charge >= 0.3 is 0 Å². The van der Waals surface area contributed by atoms with Crippen molar-refractivity contribution in [2.75, 3.05) is 11.9 Å². The summed E-state index contributed by atoms with van der Waals surface area (Å²) in [6.07, 6.45) is 1.79. The van der Waals surface area contributed by atoms with Gasteiger partial charge in [0.05, 0.1) is 5.41 Å². The predicted octanol–water partition coefficient (Wildman–Crippen LogP) is 3.73. The number of fused-ring (bicyclic) bond motifs is 1. The van der Waals surface area contributed by atoms with Crippen LogP contribution < -0.4 is 4.90 Å². The Morgan fingerprint density at radius 3 is 2.29 bits per heavy atom. The molecule has 1 atom stereocenters. The Morgan fingerprint density at radius 2 is 1.62 bits per heavy atom. The van der Waals surface area contributed by atoms with Crippen molar-refractivity contribution in [3.05, 3.63) is 65.2 Å². The smallest absolute Gasteiger partial charge is 0.237 e. The highest BCUT2D eigenvalue weighted by molar-refractivity contribution is 6.07. The van der Waals surface area contributed by atoms with Gasteiger partial charge in [-0.15, -0.1) is 0 Å². The summed E-state index contributed by atoms with van der Waals surface area (Å²) in [5.74, 6) is 0.184. The average Bonchev–Trinajstić information content (AvgIpc) is 2.71. The molecule has 0 fully saturated rings. The van der Waals surface area contributed by atoms with Crippen LogP contribution in [0.1, 0.15) is 30.5 Å². The van der Waals surface area contributed by atoms with Gasteiger partial charge < -0.3 is 4.90 Å². The highest BCUT2D eigenvalue weighted by Crippen LogP contribution is 2.42. The van der Waals surface area contributed by atoms with E-state index < -0.39 is 5.41 Å². The van der Waals surface area contributed by atoms with Crippen molar-refractivity contribution in [1.29, 1.82) is 0 Å². The molecule has 0 spiro atoms. The Labute approximate surface area is 126 Å². The van der Waals surface area contributed by atoms with Crippen LogP contribution in [0.25, 0.3) is 0 Å². The molecule has 2 heteroatoms. The lowest BCUT2D eigenvalue weighted by Crippen LogP contribution is -2.37. The van der Waals surface area contributed by atoms with E-state index in [2.05, 4.69) is 44.2 Å². The predicted molar refractivity (Wildman–Crippen MR) is 86.7 cm³/mol. The molecule has 0 N–H and O–H groups in total. The summed E-state index contributed by atoms with van der Waals surface area (Å²) in [4.78, 5) is 14.5. The molecule has 108 valence electrons. The minimum Gasteiger partial charge on any atom is -0.314 e. The molecule has 0 radical (unpaired) electrons. The first kappa shape index (κ1) is 13.9. The third kappa shape index (κ3) is 2.15. The molecule has 1 amide bonds. The van der Waals surface area contributed by atoms with Crippen molar-refractivity contribution in [2.45, 2.75) is 32.1 Å². The minimum absolute atomic E-state index is 0.184. The SMILES string of the molecule is CCc1ccc(CC2(C)C(=O)N(C)c3ccccc32)cc1. The van der Waals surface area contributed by atoms with E-state index in [0.717, 1.165) is 24.1 Å². The van der Waals surface area contributed by atoms with Gasteiger partial charge in [-0.1, -0.05) is 49.4 Å². The largest absolute Gasteiger partial charge is 0.314 e. The van der Waals surface area contributed by atoms with Crippen LogP contribution in [0, 0.1) is 0 Å². The second-order valence-electron chi connectivity index (χ2n) is 6.06. The Morgan fingerprint density at radius 1 is 1.00 bits per heavy atom. The number of amides is 1. The van der Waals surface area contributed by atoms with E-state index >= 15 is 0 Å². The Balaban J connectivity index is 1.98. The zero-order chi connectivity index (χ0) is 15.0. The normalized spacial score (nSPS) is 20.7. The Hall–Kier alpha value is -2.09. The molecule has 21 heavy (non-hydrogen) atoms. The van der Waals surface area contributed by atoms with Crippen molar-refractivity contribution in [1.82, 2.24) is 0 Å². The maximum Gasteiger partial charge on any atom is 0.237 e. The molecule has 0 aliphatic carbocycles. The highest BCUT2D eigenvalue weighted by Gasteiger charge is 2.45. The van der Waals surface area contributed by atoms with Gasteiger partial charge in [-0.2, -0.15) is 0 Å². The lowest BCUT2D eigenvalue weighted by molar-refractivity contribution is -0.122. The van der Waals surface area contributed by atoms with Crippen LogP contribution in [-0.2, 0) is 23.1 Å². The van der Waals surface area contributed by atoms with E-state index in [4.69, 9.17) is 0 Å². The molecular formula is C19H21NO. The first-order valence-electron chi connectivity index (χ1n) is 7.52. The van der Waals surface area contributed by atoms with Gasteiger partial charge in [-0.3, -0.25) is 4.79 Å². The van der Waals surface area contributed by atoms with Gasteiger partial charge in [0, 0.05) is 12.7 Å². The van der Waals surface area contributed by atoms with Crippen LogP contribution in [0.3, 0.4) is 0 Å². The van der Waals surface area contributed by atoms with Gasteiger partial charge in [0.1, 0.15) is 0 Å². The van der Waals surface area contributed by atoms with Gasteiger partial charge in [-0.25, -0.2) is 0 Å². The lowest BCUT2D eigenvalue weighted by Gasteiger charge is -2.23. The first-order chi connectivity index (χ1) is 10.1. The number of nitrogens with zero attached hydrogens (tertiary/aromatic N) is 1. The number of anilines is 1. The van der Waals surface area contributed by atoms with Crippen LogP contribution in [0.4, 0.5) is 5.69 Å². The van der Waals surface area contributed by atoms with E-state index in [0.29, 0.717) is 0 Å². The monoisotopic (exact) mass is 279 g/mol. The zero-order valence-corrected chi connectivity index (χ0v) is 12.9.